The standard InChI is InChI=1S/C19H16N2O3/c1-14-6-5-7-15(12-14)10-11-18(22)23-13-17-20-21-19(24-17)16-8-3-2-4-9-16/h2-12H,13H2,1H3/b11-10+. The van der Waals surface area contributed by atoms with Gasteiger partial charge in [-0.1, -0.05) is 48.0 Å². The highest BCUT2D eigenvalue weighted by atomic mass is 16.5. The number of carbonyl (C=O) groups excluding carboxylic acids is 1. The van der Waals surface area contributed by atoms with E-state index in [1.54, 1.807) is 6.08 Å². The van der Waals surface area contributed by atoms with Crippen molar-refractivity contribution in [3.05, 3.63) is 77.7 Å². The van der Waals surface area contributed by atoms with Gasteiger partial charge in [0.1, 0.15) is 0 Å². The lowest BCUT2D eigenvalue weighted by Gasteiger charge is -1.98. The number of ether oxygens (including phenoxy) is 1. The van der Waals surface area contributed by atoms with Gasteiger partial charge in [-0.15, -0.1) is 10.2 Å². The van der Waals surface area contributed by atoms with Crippen LogP contribution in [0, 0.1) is 6.92 Å². The number of rotatable bonds is 5. The monoisotopic (exact) mass is 320 g/mol. The van der Waals surface area contributed by atoms with Crippen LogP contribution < -0.4 is 0 Å². The molecule has 0 radical (unpaired) electrons. The lowest BCUT2D eigenvalue weighted by molar-refractivity contribution is -0.139. The summed E-state index contributed by atoms with van der Waals surface area (Å²) in [4.78, 5) is 11.8. The van der Waals surface area contributed by atoms with Crippen LogP contribution >= 0.6 is 0 Å². The third kappa shape index (κ3) is 4.16. The van der Waals surface area contributed by atoms with E-state index in [4.69, 9.17) is 9.15 Å². The van der Waals surface area contributed by atoms with Gasteiger partial charge in [0.15, 0.2) is 6.61 Å². The molecule has 0 saturated heterocycles. The normalized spacial score (nSPS) is 10.9. The Morgan fingerprint density at radius 3 is 2.75 bits per heavy atom. The molecule has 0 aliphatic rings. The largest absolute Gasteiger partial charge is 0.452 e. The Kier molecular flexibility index (Phi) is 4.81. The van der Waals surface area contributed by atoms with Gasteiger partial charge in [0.2, 0.25) is 5.89 Å². The van der Waals surface area contributed by atoms with Crippen LogP contribution in [0.15, 0.2) is 65.1 Å². The molecule has 0 atom stereocenters. The summed E-state index contributed by atoms with van der Waals surface area (Å²) < 4.78 is 10.6. The molecule has 24 heavy (non-hydrogen) atoms. The summed E-state index contributed by atoms with van der Waals surface area (Å²) >= 11 is 0. The molecule has 5 heteroatoms. The summed E-state index contributed by atoms with van der Waals surface area (Å²) in [7, 11) is 0. The average molecular weight is 320 g/mol. The summed E-state index contributed by atoms with van der Waals surface area (Å²) in [5.74, 6) is 0.194. The van der Waals surface area contributed by atoms with Crippen molar-refractivity contribution in [2.45, 2.75) is 13.5 Å². The van der Waals surface area contributed by atoms with Crippen molar-refractivity contribution in [3.8, 4) is 11.5 Å². The molecule has 0 N–H and O–H groups in total. The van der Waals surface area contributed by atoms with E-state index in [9.17, 15) is 4.79 Å². The molecular formula is C19H16N2O3. The fourth-order valence-corrected chi connectivity index (χ4v) is 2.13. The van der Waals surface area contributed by atoms with Crippen LogP contribution in [0.2, 0.25) is 0 Å². The van der Waals surface area contributed by atoms with Gasteiger partial charge in [0.05, 0.1) is 0 Å². The van der Waals surface area contributed by atoms with Gasteiger partial charge in [-0.25, -0.2) is 4.79 Å². The van der Waals surface area contributed by atoms with E-state index in [-0.39, 0.29) is 12.5 Å². The molecular weight excluding hydrogens is 304 g/mol. The van der Waals surface area contributed by atoms with Gasteiger partial charge in [0, 0.05) is 11.6 Å². The van der Waals surface area contributed by atoms with E-state index >= 15 is 0 Å². The Morgan fingerprint density at radius 2 is 1.96 bits per heavy atom. The zero-order valence-corrected chi connectivity index (χ0v) is 13.2. The minimum absolute atomic E-state index is 0.0587. The summed E-state index contributed by atoms with van der Waals surface area (Å²) in [6, 6.07) is 17.2. The maximum Gasteiger partial charge on any atom is 0.331 e. The van der Waals surface area contributed by atoms with Crippen molar-refractivity contribution >= 4 is 12.0 Å². The first kappa shape index (κ1) is 15.7. The van der Waals surface area contributed by atoms with Crippen LogP contribution in [0.4, 0.5) is 0 Å². The van der Waals surface area contributed by atoms with Crippen molar-refractivity contribution in [2.24, 2.45) is 0 Å². The molecule has 0 saturated carbocycles. The molecule has 0 unspecified atom stereocenters. The zero-order chi connectivity index (χ0) is 16.8. The van der Waals surface area contributed by atoms with Gasteiger partial charge < -0.3 is 9.15 Å². The minimum Gasteiger partial charge on any atom is -0.452 e. The van der Waals surface area contributed by atoms with Crippen molar-refractivity contribution in [3.63, 3.8) is 0 Å². The maximum atomic E-state index is 11.8. The fourth-order valence-electron chi connectivity index (χ4n) is 2.13. The fraction of sp³-hybridized carbons (Fsp3) is 0.105. The molecule has 1 aromatic heterocycles. The average Bonchev–Trinajstić information content (AvgIpc) is 3.08. The van der Waals surface area contributed by atoms with Gasteiger partial charge in [-0.05, 0) is 30.7 Å². The van der Waals surface area contributed by atoms with Gasteiger partial charge in [-0.2, -0.15) is 0 Å². The van der Waals surface area contributed by atoms with Crippen LogP contribution in [0.5, 0.6) is 0 Å². The van der Waals surface area contributed by atoms with Crippen molar-refractivity contribution < 1.29 is 13.9 Å². The van der Waals surface area contributed by atoms with Crippen molar-refractivity contribution in [2.75, 3.05) is 0 Å². The summed E-state index contributed by atoms with van der Waals surface area (Å²) in [5, 5.41) is 7.82. The molecule has 0 amide bonds. The van der Waals surface area contributed by atoms with Crippen molar-refractivity contribution in [1.82, 2.24) is 10.2 Å². The molecule has 0 fully saturated rings. The number of nitrogens with zero attached hydrogens (tertiary/aromatic N) is 2. The smallest absolute Gasteiger partial charge is 0.331 e. The quantitative estimate of drug-likeness (QED) is 0.528. The Hall–Kier alpha value is -3.21. The number of aromatic nitrogens is 2. The number of hydrogen-bond donors (Lipinski definition) is 0. The van der Waals surface area contributed by atoms with Gasteiger partial charge >= 0.3 is 5.97 Å². The SMILES string of the molecule is Cc1cccc(/C=C/C(=O)OCc2nnc(-c3ccccc3)o2)c1. The van der Waals surface area contributed by atoms with E-state index in [0.29, 0.717) is 5.89 Å². The second kappa shape index (κ2) is 7.37. The van der Waals surface area contributed by atoms with E-state index in [1.165, 1.54) is 6.08 Å². The topological polar surface area (TPSA) is 65.2 Å². The molecule has 5 nitrogen and oxygen atoms in total. The van der Waals surface area contributed by atoms with Gasteiger partial charge in [-0.3, -0.25) is 0 Å². The highest BCUT2D eigenvalue weighted by Crippen LogP contribution is 2.17. The highest BCUT2D eigenvalue weighted by Gasteiger charge is 2.09. The van der Waals surface area contributed by atoms with E-state index < -0.39 is 5.97 Å². The highest BCUT2D eigenvalue weighted by molar-refractivity contribution is 5.87. The lowest BCUT2D eigenvalue weighted by Crippen LogP contribution is -2.00. The van der Waals surface area contributed by atoms with E-state index in [0.717, 1.165) is 16.7 Å². The Bertz CT molecular complexity index is 854. The third-order valence-corrected chi connectivity index (χ3v) is 3.28. The van der Waals surface area contributed by atoms with E-state index in [1.807, 2.05) is 61.5 Å². The van der Waals surface area contributed by atoms with Crippen LogP contribution in [0.1, 0.15) is 17.0 Å². The Morgan fingerprint density at radius 1 is 1.12 bits per heavy atom. The molecule has 1 heterocycles. The first-order chi connectivity index (χ1) is 11.7. The van der Waals surface area contributed by atoms with Crippen molar-refractivity contribution in [1.29, 1.82) is 0 Å². The van der Waals surface area contributed by atoms with Crippen LogP contribution in [0.25, 0.3) is 17.5 Å². The first-order valence-electron chi connectivity index (χ1n) is 7.50. The molecule has 0 spiro atoms. The zero-order valence-electron chi connectivity index (χ0n) is 13.2. The summed E-state index contributed by atoms with van der Waals surface area (Å²) in [6.07, 6.45) is 3.09. The molecule has 120 valence electrons. The second-order valence-corrected chi connectivity index (χ2v) is 5.22. The predicted molar refractivity (Wildman–Crippen MR) is 89.7 cm³/mol. The second-order valence-electron chi connectivity index (χ2n) is 5.22. The number of aryl methyl sites for hydroxylation is 1. The number of hydrogen-bond acceptors (Lipinski definition) is 5. The molecule has 2 aromatic carbocycles. The molecule has 0 aliphatic heterocycles. The molecule has 3 aromatic rings. The third-order valence-electron chi connectivity index (χ3n) is 3.28. The van der Waals surface area contributed by atoms with E-state index in [2.05, 4.69) is 10.2 Å². The van der Waals surface area contributed by atoms with Crippen LogP contribution in [-0.2, 0) is 16.1 Å². The molecule has 0 aliphatic carbocycles. The number of carbonyl (C=O) groups is 1. The minimum atomic E-state index is -0.462. The predicted octanol–water partition coefficient (Wildman–Crippen LogP) is 3.80. The number of benzene rings is 2. The Labute approximate surface area is 139 Å². The van der Waals surface area contributed by atoms with Gasteiger partial charge in [0.25, 0.3) is 5.89 Å². The van der Waals surface area contributed by atoms with Crippen LogP contribution in [0.3, 0.4) is 0 Å². The lowest BCUT2D eigenvalue weighted by atomic mass is 10.1. The molecule has 3 rings (SSSR count). The Balaban J connectivity index is 1.56. The molecule has 0 bridgehead atoms. The maximum absolute atomic E-state index is 11.8. The summed E-state index contributed by atoms with van der Waals surface area (Å²) in [6.45, 7) is 1.94. The number of esters is 1. The first-order valence-corrected chi connectivity index (χ1v) is 7.50. The summed E-state index contributed by atoms with van der Waals surface area (Å²) in [5.41, 5.74) is 2.89. The van der Waals surface area contributed by atoms with Crippen LogP contribution in [-0.4, -0.2) is 16.2 Å².